The summed E-state index contributed by atoms with van der Waals surface area (Å²) in [7, 11) is 2.24. The Kier molecular flexibility index (Phi) is 5.86. The summed E-state index contributed by atoms with van der Waals surface area (Å²) in [5.74, 6) is 5.71. The summed E-state index contributed by atoms with van der Waals surface area (Å²) in [6.45, 7) is 5.42. The highest BCUT2D eigenvalue weighted by atomic mass is 32.2. The lowest BCUT2D eigenvalue weighted by atomic mass is 10.2. The quantitative estimate of drug-likeness (QED) is 0.845. The topological polar surface area (TPSA) is 16.1 Å². The Balaban J connectivity index is 1.90. The van der Waals surface area contributed by atoms with Crippen molar-refractivity contribution in [3.63, 3.8) is 0 Å². The molecule has 102 valence electrons. The second-order valence-corrected chi connectivity index (χ2v) is 8.24. The van der Waals surface area contributed by atoms with E-state index in [4.69, 9.17) is 4.98 Å². The maximum Gasteiger partial charge on any atom is 0.0954 e. The average Bonchev–Trinajstić information content (AvgIpc) is 2.64. The molecule has 0 atom stereocenters. The second kappa shape index (κ2) is 7.17. The Hall–Kier alpha value is 0.290. The van der Waals surface area contributed by atoms with Gasteiger partial charge in [0.25, 0.3) is 0 Å². The Morgan fingerprint density at radius 2 is 2.00 bits per heavy atom. The van der Waals surface area contributed by atoms with Crippen molar-refractivity contribution in [3.05, 3.63) is 16.1 Å². The zero-order valence-corrected chi connectivity index (χ0v) is 13.8. The van der Waals surface area contributed by atoms with Gasteiger partial charge in [-0.2, -0.15) is 23.5 Å². The SMILES string of the molecule is CC(C)c1nc(CN(C)C2CSCCSC2)cs1. The predicted octanol–water partition coefficient (Wildman–Crippen LogP) is 3.55. The maximum absolute atomic E-state index is 4.73. The van der Waals surface area contributed by atoms with Crippen LogP contribution in [0.15, 0.2) is 5.38 Å². The van der Waals surface area contributed by atoms with Gasteiger partial charge in [-0.05, 0) is 7.05 Å². The van der Waals surface area contributed by atoms with Crippen LogP contribution in [0.4, 0.5) is 0 Å². The molecule has 0 aromatic carbocycles. The molecule has 0 aliphatic carbocycles. The third-order valence-corrected chi connectivity index (χ3v) is 6.77. The van der Waals surface area contributed by atoms with Crippen LogP contribution < -0.4 is 0 Å². The molecule has 0 spiro atoms. The number of hydrogen-bond donors (Lipinski definition) is 0. The lowest BCUT2D eigenvalue weighted by Gasteiger charge is -2.25. The summed E-state index contributed by atoms with van der Waals surface area (Å²) in [5.41, 5.74) is 1.24. The molecule has 1 aliphatic heterocycles. The van der Waals surface area contributed by atoms with E-state index in [0.29, 0.717) is 12.0 Å². The van der Waals surface area contributed by atoms with Gasteiger partial charge in [-0.3, -0.25) is 4.90 Å². The van der Waals surface area contributed by atoms with Crippen molar-refractivity contribution in [3.8, 4) is 0 Å². The van der Waals surface area contributed by atoms with Gasteiger partial charge in [-0.1, -0.05) is 13.8 Å². The van der Waals surface area contributed by atoms with E-state index in [9.17, 15) is 0 Å². The Morgan fingerprint density at radius 3 is 2.56 bits per heavy atom. The average molecular weight is 303 g/mol. The fraction of sp³-hybridized carbons (Fsp3) is 0.769. The Morgan fingerprint density at radius 1 is 1.33 bits per heavy atom. The summed E-state index contributed by atoms with van der Waals surface area (Å²) in [6.07, 6.45) is 0. The van der Waals surface area contributed by atoms with Gasteiger partial charge in [-0.15, -0.1) is 11.3 Å². The van der Waals surface area contributed by atoms with Crippen LogP contribution in [-0.2, 0) is 6.54 Å². The minimum Gasteiger partial charge on any atom is -0.296 e. The molecule has 1 fully saturated rings. The molecule has 0 N–H and O–H groups in total. The van der Waals surface area contributed by atoms with Crippen molar-refractivity contribution in [2.24, 2.45) is 0 Å². The van der Waals surface area contributed by atoms with Crippen molar-refractivity contribution in [1.29, 1.82) is 0 Å². The molecule has 5 heteroatoms. The minimum atomic E-state index is 0.554. The van der Waals surface area contributed by atoms with Crippen molar-refractivity contribution < 1.29 is 0 Å². The molecule has 0 bridgehead atoms. The van der Waals surface area contributed by atoms with Gasteiger partial charge >= 0.3 is 0 Å². The minimum absolute atomic E-state index is 0.554. The number of hydrogen-bond acceptors (Lipinski definition) is 5. The van der Waals surface area contributed by atoms with Gasteiger partial charge in [0.2, 0.25) is 0 Å². The molecule has 1 aromatic heterocycles. The molecule has 2 rings (SSSR count). The molecular formula is C13H22N2S3. The van der Waals surface area contributed by atoms with Crippen molar-refractivity contribution >= 4 is 34.9 Å². The molecule has 18 heavy (non-hydrogen) atoms. The van der Waals surface area contributed by atoms with Gasteiger partial charge in [0.1, 0.15) is 0 Å². The number of nitrogens with zero attached hydrogens (tertiary/aromatic N) is 2. The van der Waals surface area contributed by atoms with Crippen LogP contribution in [0.25, 0.3) is 0 Å². The Bertz CT molecular complexity index is 357. The van der Waals surface area contributed by atoms with Crippen LogP contribution in [0.2, 0.25) is 0 Å². The van der Waals surface area contributed by atoms with Crippen LogP contribution in [-0.4, -0.2) is 46.0 Å². The largest absolute Gasteiger partial charge is 0.296 e. The highest BCUT2D eigenvalue weighted by Crippen LogP contribution is 2.23. The van der Waals surface area contributed by atoms with E-state index in [1.165, 1.54) is 33.7 Å². The molecule has 0 radical (unpaired) electrons. The fourth-order valence-electron chi connectivity index (χ4n) is 1.90. The monoisotopic (exact) mass is 302 g/mol. The molecule has 2 nitrogen and oxygen atoms in total. The molecule has 2 heterocycles. The lowest BCUT2D eigenvalue weighted by molar-refractivity contribution is 0.271. The molecule has 0 saturated carbocycles. The first kappa shape index (κ1) is 14.7. The van der Waals surface area contributed by atoms with E-state index in [1.54, 1.807) is 11.3 Å². The van der Waals surface area contributed by atoms with Crippen LogP contribution in [0.5, 0.6) is 0 Å². The van der Waals surface area contributed by atoms with Gasteiger partial charge in [0.05, 0.1) is 10.7 Å². The van der Waals surface area contributed by atoms with E-state index >= 15 is 0 Å². The molecule has 1 aliphatic rings. The second-order valence-electron chi connectivity index (χ2n) is 5.05. The van der Waals surface area contributed by atoms with E-state index in [-0.39, 0.29) is 0 Å². The highest BCUT2D eigenvalue weighted by Gasteiger charge is 2.18. The molecular weight excluding hydrogens is 280 g/mol. The molecule has 0 unspecified atom stereocenters. The predicted molar refractivity (Wildman–Crippen MR) is 86.1 cm³/mol. The van der Waals surface area contributed by atoms with Crippen LogP contribution >= 0.6 is 34.9 Å². The first-order chi connectivity index (χ1) is 8.66. The summed E-state index contributed by atoms with van der Waals surface area (Å²) in [4.78, 5) is 7.21. The smallest absolute Gasteiger partial charge is 0.0954 e. The summed E-state index contributed by atoms with van der Waals surface area (Å²) >= 11 is 5.99. The summed E-state index contributed by atoms with van der Waals surface area (Å²) in [6, 6.07) is 0.701. The van der Waals surface area contributed by atoms with E-state index in [1.807, 2.05) is 0 Å². The van der Waals surface area contributed by atoms with Gasteiger partial charge < -0.3 is 0 Å². The standard InChI is InChI=1S/C13H22N2S3/c1-10(2)13-14-11(7-18-13)6-15(3)12-8-16-4-5-17-9-12/h7,10,12H,4-6,8-9H2,1-3H3. The van der Waals surface area contributed by atoms with Gasteiger partial charge in [0, 0.05) is 46.9 Å². The van der Waals surface area contributed by atoms with Crippen LogP contribution in [0.1, 0.15) is 30.5 Å². The zero-order valence-electron chi connectivity index (χ0n) is 11.4. The number of thiazole rings is 1. The van der Waals surface area contributed by atoms with E-state index in [2.05, 4.69) is 54.7 Å². The zero-order chi connectivity index (χ0) is 13.0. The number of rotatable bonds is 4. The van der Waals surface area contributed by atoms with Crippen LogP contribution in [0.3, 0.4) is 0 Å². The molecule has 1 aromatic rings. The highest BCUT2D eigenvalue weighted by molar-refractivity contribution is 8.03. The first-order valence-electron chi connectivity index (χ1n) is 6.47. The third-order valence-electron chi connectivity index (χ3n) is 3.09. The van der Waals surface area contributed by atoms with Crippen LogP contribution in [0, 0.1) is 0 Å². The van der Waals surface area contributed by atoms with E-state index < -0.39 is 0 Å². The maximum atomic E-state index is 4.73. The Labute approximate surface area is 123 Å². The van der Waals surface area contributed by atoms with Gasteiger partial charge in [-0.25, -0.2) is 4.98 Å². The fourth-order valence-corrected chi connectivity index (χ4v) is 5.44. The molecule has 1 saturated heterocycles. The number of thioether (sulfide) groups is 2. The first-order valence-corrected chi connectivity index (χ1v) is 9.65. The normalized spacial score (nSPS) is 18.5. The number of aromatic nitrogens is 1. The van der Waals surface area contributed by atoms with Crippen molar-refractivity contribution in [1.82, 2.24) is 9.88 Å². The third kappa shape index (κ3) is 4.15. The summed E-state index contributed by atoms with van der Waals surface area (Å²) < 4.78 is 0. The van der Waals surface area contributed by atoms with Gasteiger partial charge in [0.15, 0.2) is 0 Å². The molecule has 0 amide bonds. The van der Waals surface area contributed by atoms with Crippen molar-refractivity contribution in [2.45, 2.75) is 32.4 Å². The lowest BCUT2D eigenvalue weighted by Crippen LogP contribution is -2.35. The van der Waals surface area contributed by atoms with Crippen molar-refractivity contribution in [2.75, 3.05) is 30.1 Å². The summed E-state index contributed by atoms with van der Waals surface area (Å²) in [5, 5.41) is 3.49. The van der Waals surface area contributed by atoms with E-state index in [0.717, 1.165) is 6.54 Å².